The molecule has 0 saturated carbocycles. The van der Waals surface area contributed by atoms with Crippen LogP contribution in [0.25, 0.3) is 39.5 Å². The van der Waals surface area contributed by atoms with Crippen molar-refractivity contribution in [3.8, 4) is 33.9 Å². The van der Waals surface area contributed by atoms with Gasteiger partial charge < -0.3 is 0 Å². The van der Waals surface area contributed by atoms with Crippen LogP contribution in [0.15, 0.2) is 176 Å². The second kappa shape index (κ2) is 12.1. The van der Waals surface area contributed by atoms with E-state index in [0.717, 1.165) is 34.6 Å². The molecule has 2 heterocycles. The van der Waals surface area contributed by atoms with Gasteiger partial charge in [-0.15, -0.1) is 0 Å². The molecule has 0 radical (unpaired) electrons. The van der Waals surface area contributed by atoms with Gasteiger partial charge in [0.05, 0.1) is 11.1 Å². The minimum absolute atomic E-state index is 0.0177. The Morgan fingerprint density at radius 2 is 1.14 bits per heavy atom. The van der Waals surface area contributed by atoms with Gasteiger partial charge in [-0.3, -0.25) is 4.98 Å². The first-order valence-corrected chi connectivity index (χ1v) is 16.8. The molecule has 7 aromatic rings. The molecule has 0 N–H and O–H groups in total. The smallest absolute Gasteiger partial charge is 0.163 e. The summed E-state index contributed by atoms with van der Waals surface area (Å²) in [5, 5.41) is 0. The molecular formula is C45H32N4. The highest BCUT2D eigenvalue weighted by Gasteiger charge is 2.45. The van der Waals surface area contributed by atoms with Crippen molar-refractivity contribution >= 4 is 5.57 Å². The molecular weight excluding hydrogens is 597 g/mol. The number of nitrogens with zero attached hydrogens (tertiary/aromatic N) is 4. The fraction of sp³-hybridized carbons (Fsp3) is 0.0667. The predicted octanol–water partition coefficient (Wildman–Crippen LogP) is 10.1. The highest BCUT2D eigenvalue weighted by atomic mass is 15.0. The highest BCUT2D eigenvalue weighted by Crippen LogP contribution is 2.56. The number of allylic oxidation sites excluding steroid dienone is 4. The molecule has 4 nitrogen and oxygen atoms in total. The van der Waals surface area contributed by atoms with E-state index in [4.69, 9.17) is 15.0 Å². The number of benzene rings is 5. The molecule has 2 aromatic heterocycles. The highest BCUT2D eigenvalue weighted by molar-refractivity contribution is 5.86. The summed E-state index contributed by atoms with van der Waals surface area (Å²) in [4.78, 5) is 19.9. The van der Waals surface area contributed by atoms with E-state index in [1.807, 2.05) is 42.6 Å². The third kappa shape index (κ3) is 4.92. The van der Waals surface area contributed by atoms with Crippen LogP contribution < -0.4 is 0 Å². The van der Waals surface area contributed by atoms with Crippen LogP contribution in [-0.4, -0.2) is 19.9 Å². The maximum atomic E-state index is 5.18. The van der Waals surface area contributed by atoms with E-state index in [9.17, 15) is 0 Å². The molecule has 4 heteroatoms. The number of aromatic nitrogens is 4. The first-order chi connectivity index (χ1) is 24.3. The lowest BCUT2D eigenvalue weighted by Gasteiger charge is -2.34. The SMILES string of the molecule is C1=CC(c2nc(-c3ccccc3)nc(-c3cccc(C4(c5ccccc5)c5ccccc5-c5ccccc54)c3)n2)CC=C1c1ccccn1. The largest absolute Gasteiger partial charge is 0.256 e. The van der Waals surface area contributed by atoms with Crippen LogP contribution in [-0.2, 0) is 5.41 Å². The maximum Gasteiger partial charge on any atom is 0.163 e. The van der Waals surface area contributed by atoms with Crippen LogP contribution in [0.3, 0.4) is 0 Å². The molecule has 49 heavy (non-hydrogen) atoms. The van der Waals surface area contributed by atoms with Crippen molar-refractivity contribution in [1.29, 1.82) is 0 Å². The molecule has 0 fully saturated rings. The number of rotatable bonds is 6. The van der Waals surface area contributed by atoms with Crippen molar-refractivity contribution in [3.05, 3.63) is 210 Å². The fourth-order valence-electron chi connectivity index (χ4n) is 7.54. The lowest BCUT2D eigenvalue weighted by Crippen LogP contribution is -2.28. The van der Waals surface area contributed by atoms with Crippen molar-refractivity contribution in [1.82, 2.24) is 19.9 Å². The summed E-state index contributed by atoms with van der Waals surface area (Å²) >= 11 is 0. The lowest BCUT2D eigenvalue weighted by atomic mass is 9.67. The van der Waals surface area contributed by atoms with Gasteiger partial charge in [-0.2, -0.15) is 0 Å². The summed E-state index contributed by atoms with van der Waals surface area (Å²) in [7, 11) is 0. The van der Waals surface area contributed by atoms with Gasteiger partial charge in [0.1, 0.15) is 5.82 Å². The summed E-state index contributed by atoms with van der Waals surface area (Å²) in [6.45, 7) is 0. The molecule has 232 valence electrons. The van der Waals surface area contributed by atoms with Crippen LogP contribution in [0.2, 0.25) is 0 Å². The lowest BCUT2D eigenvalue weighted by molar-refractivity contribution is 0.762. The Kier molecular flexibility index (Phi) is 7.13. The van der Waals surface area contributed by atoms with E-state index in [2.05, 4.69) is 138 Å². The molecule has 2 aliphatic carbocycles. The van der Waals surface area contributed by atoms with Gasteiger partial charge in [0.15, 0.2) is 11.6 Å². The van der Waals surface area contributed by atoms with Crippen LogP contribution in [0.4, 0.5) is 0 Å². The van der Waals surface area contributed by atoms with Gasteiger partial charge in [-0.1, -0.05) is 152 Å². The zero-order valence-electron chi connectivity index (χ0n) is 26.8. The normalized spacial score (nSPS) is 15.7. The van der Waals surface area contributed by atoms with Crippen LogP contribution >= 0.6 is 0 Å². The summed E-state index contributed by atoms with van der Waals surface area (Å²) in [5.41, 5.74) is 11.0. The first kappa shape index (κ1) is 28.9. The average Bonchev–Trinajstić information content (AvgIpc) is 3.50. The van der Waals surface area contributed by atoms with Gasteiger partial charge in [-0.25, -0.2) is 15.0 Å². The van der Waals surface area contributed by atoms with Crippen molar-refractivity contribution in [3.63, 3.8) is 0 Å². The zero-order chi connectivity index (χ0) is 32.6. The molecule has 1 atom stereocenters. The Bertz CT molecular complexity index is 2320. The Balaban J connectivity index is 1.20. The predicted molar refractivity (Wildman–Crippen MR) is 197 cm³/mol. The third-order valence-corrected chi connectivity index (χ3v) is 9.79. The number of fused-ring (bicyclic) bond motifs is 3. The average molecular weight is 629 g/mol. The van der Waals surface area contributed by atoms with E-state index in [0.29, 0.717) is 11.6 Å². The monoisotopic (exact) mass is 628 g/mol. The molecule has 0 bridgehead atoms. The Labute approximate surface area is 286 Å². The maximum absolute atomic E-state index is 5.18. The summed E-state index contributed by atoms with van der Waals surface area (Å²) in [5.74, 6) is 2.12. The molecule has 9 rings (SSSR count). The minimum atomic E-state index is -0.499. The van der Waals surface area contributed by atoms with Crippen LogP contribution in [0.5, 0.6) is 0 Å². The topological polar surface area (TPSA) is 51.6 Å². The van der Waals surface area contributed by atoms with Crippen molar-refractivity contribution < 1.29 is 0 Å². The number of pyridine rings is 1. The molecule has 1 unspecified atom stereocenters. The minimum Gasteiger partial charge on any atom is -0.256 e. The van der Waals surface area contributed by atoms with E-state index in [-0.39, 0.29) is 5.92 Å². The Hall–Kier alpha value is -6.26. The first-order valence-electron chi connectivity index (χ1n) is 16.8. The second-order valence-corrected chi connectivity index (χ2v) is 12.6. The van der Waals surface area contributed by atoms with Gasteiger partial charge in [0.25, 0.3) is 0 Å². The quantitative estimate of drug-likeness (QED) is 0.184. The van der Waals surface area contributed by atoms with Gasteiger partial charge in [0, 0.05) is 23.2 Å². The molecule has 0 amide bonds. The van der Waals surface area contributed by atoms with Crippen LogP contribution in [0, 0.1) is 0 Å². The van der Waals surface area contributed by atoms with E-state index in [1.165, 1.54) is 33.4 Å². The molecule has 0 saturated heterocycles. The number of hydrogen-bond acceptors (Lipinski definition) is 4. The Morgan fingerprint density at radius 3 is 1.82 bits per heavy atom. The number of hydrogen-bond donors (Lipinski definition) is 0. The van der Waals surface area contributed by atoms with Crippen LogP contribution in [0.1, 0.15) is 46.1 Å². The van der Waals surface area contributed by atoms with Crippen molar-refractivity contribution in [2.24, 2.45) is 0 Å². The molecule has 5 aromatic carbocycles. The summed E-state index contributed by atoms with van der Waals surface area (Å²) in [6.07, 6.45) is 9.19. The zero-order valence-corrected chi connectivity index (χ0v) is 26.8. The Morgan fingerprint density at radius 1 is 0.531 bits per heavy atom. The van der Waals surface area contributed by atoms with Gasteiger partial charge in [0.2, 0.25) is 0 Å². The van der Waals surface area contributed by atoms with E-state index >= 15 is 0 Å². The van der Waals surface area contributed by atoms with Crippen molar-refractivity contribution in [2.75, 3.05) is 0 Å². The van der Waals surface area contributed by atoms with E-state index in [1.54, 1.807) is 0 Å². The fourth-order valence-corrected chi connectivity index (χ4v) is 7.54. The molecule has 0 spiro atoms. The summed E-state index contributed by atoms with van der Waals surface area (Å²) < 4.78 is 0. The second-order valence-electron chi connectivity index (χ2n) is 12.6. The third-order valence-electron chi connectivity index (χ3n) is 9.79. The summed E-state index contributed by atoms with van der Waals surface area (Å²) in [6, 6.07) is 53.5. The van der Waals surface area contributed by atoms with Gasteiger partial charge >= 0.3 is 0 Å². The molecule has 0 aliphatic heterocycles. The van der Waals surface area contributed by atoms with Gasteiger partial charge in [-0.05, 0) is 63.6 Å². The van der Waals surface area contributed by atoms with Crippen molar-refractivity contribution in [2.45, 2.75) is 17.8 Å². The molecule has 2 aliphatic rings. The standard InChI is InChI=1S/C45H32N4/c1-3-14-32(15-4-1)42-47-43(33-27-25-31(26-28-33)41-24-11-12-29-46-41)49-44(48-42)34-16-13-19-36(30-34)45(35-17-5-2-6-18-35)39-22-9-7-20-37(39)38-21-8-10-23-40(38)45/h1-27,29-30,33H,28H2. The van der Waals surface area contributed by atoms with E-state index < -0.39 is 5.41 Å².